The average Bonchev–Trinajstić information content (AvgIpc) is 3.20. The normalized spacial score (nSPS) is 17.9. The Hall–Kier alpha value is -3.54. The number of alkyl halides is 5. The Kier molecular flexibility index (Phi) is 9.00. The van der Waals surface area contributed by atoms with Crippen LogP contribution in [0.5, 0.6) is 5.75 Å². The van der Waals surface area contributed by atoms with Crippen LogP contribution in [0.15, 0.2) is 36.5 Å². The Morgan fingerprint density at radius 1 is 1.24 bits per heavy atom. The fourth-order valence-corrected chi connectivity index (χ4v) is 5.47. The number of carbonyl (C=O) groups is 2. The summed E-state index contributed by atoms with van der Waals surface area (Å²) < 4.78 is 73.9. The van der Waals surface area contributed by atoms with Crippen LogP contribution >= 0.6 is 0 Å². The maximum absolute atomic E-state index is 13.9. The second-order valence-corrected chi connectivity index (χ2v) is 10.3. The zero-order valence-electron chi connectivity index (χ0n) is 23.1. The number of carbonyl (C=O) groups excluding carboxylic acids is 2. The maximum Gasteiger partial charge on any atom is 0.416 e. The summed E-state index contributed by atoms with van der Waals surface area (Å²) in [5, 5.41) is 2.82. The summed E-state index contributed by atoms with van der Waals surface area (Å²) in [7, 11) is 0. The molecule has 7 nitrogen and oxygen atoms in total. The van der Waals surface area contributed by atoms with Crippen molar-refractivity contribution in [2.45, 2.75) is 64.1 Å². The molecule has 4 rings (SSSR count). The van der Waals surface area contributed by atoms with Crippen LogP contribution in [0.1, 0.15) is 63.1 Å². The first-order valence-corrected chi connectivity index (χ1v) is 13.5. The van der Waals surface area contributed by atoms with Gasteiger partial charge in [-0.1, -0.05) is 19.1 Å². The second-order valence-electron chi connectivity index (χ2n) is 10.3. The molecule has 2 aromatic rings. The minimum absolute atomic E-state index is 0.0985. The van der Waals surface area contributed by atoms with Crippen molar-refractivity contribution in [3.8, 4) is 5.75 Å². The highest BCUT2D eigenvalue weighted by Gasteiger charge is 2.48. The summed E-state index contributed by atoms with van der Waals surface area (Å²) in [4.78, 5) is 32.1. The molecular weight excluding hydrogens is 547 g/mol. The maximum atomic E-state index is 13.9. The number of ether oxygens (including phenoxy) is 1. The molecule has 1 unspecified atom stereocenters. The third-order valence-electron chi connectivity index (χ3n) is 8.03. The largest absolute Gasteiger partial charge is 0.491 e. The number of nitrogens with one attached hydrogen (secondary N) is 1. The number of pyridine rings is 1. The van der Waals surface area contributed by atoms with Gasteiger partial charge in [0.25, 0.3) is 6.43 Å². The Morgan fingerprint density at radius 3 is 2.54 bits per heavy atom. The monoisotopic (exact) mass is 580 g/mol. The molecule has 2 aliphatic heterocycles. The minimum atomic E-state index is -4.67. The van der Waals surface area contributed by atoms with Gasteiger partial charge in [0.2, 0.25) is 12.3 Å². The molecular formula is C29H33F5N4O3. The molecule has 12 heteroatoms. The van der Waals surface area contributed by atoms with Crippen LogP contribution in [0, 0.1) is 0 Å². The molecule has 3 heterocycles. The Morgan fingerprint density at radius 2 is 1.95 bits per heavy atom. The lowest BCUT2D eigenvalue weighted by molar-refractivity contribution is -0.122. The van der Waals surface area contributed by atoms with Crippen LogP contribution in [0.2, 0.25) is 0 Å². The van der Waals surface area contributed by atoms with Gasteiger partial charge in [0.05, 0.1) is 17.2 Å². The first-order valence-electron chi connectivity index (χ1n) is 13.5. The molecule has 41 heavy (non-hydrogen) atoms. The van der Waals surface area contributed by atoms with Gasteiger partial charge < -0.3 is 10.1 Å². The van der Waals surface area contributed by atoms with Crippen molar-refractivity contribution in [3.63, 3.8) is 0 Å². The first-order chi connectivity index (χ1) is 19.4. The second kappa shape index (κ2) is 12.1. The van der Waals surface area contributed by atoms with E-state index < -0.39 is 23.6 Å². The van der Waals surface area contributed by atoms with Gasteiger partial charge in [-0.15, -0.1) is 0 Å². The number of anilines is 2. The van der Waals surface area contributed by atoms with Crippen molar-refractivity contribution < 1.29 is 36.3 Å². The number of allylic oxidation sites excluding steroid dienone is 2. The number of likely N-dealkylation sites (tertiary alicyclic amines) is 1. The molecule has 2 amide bonds. The van der Waals surface area contributed by atoms with Gasteiger partial charge in [0.1, 0.15) is 18.2 Å². The van der Waals surface area contributed by atoms with Gasteiger partial charge in [-0.2, -0.15) is 13.2 Å². The van der Waals surface area contributed by atoms with E-state index in [1.54, 1.807) is 6.92 Å². The van der Waals surface area contributed by atoms with Crippen LogP contribution in [-0.4, -0.2) is 60.7 Å². The van der Waals surface area contributed by atoms with Crippen molar-refractivity contribution >= 4 is 29.4 Å². The molecule has 2 aliphatic rings. The summed E-state index contributed by atoms with van der Waals surface area (Å²) in [5.74, 6) is -0.169. The first kappa shape index (κ1) is 30.4. The van der Waals surface area contributed by atoms with E-state index >= 15 is 0 Å². The molecule has 222 valence electrons. The van der Waals surface area contributed by atoms with Crippen molar-refractivity contribution in [1.29, 1.82) is 0 Å². The number of halogens is 5. The summed E-state index contributed by atoms with van der Waals surface area (Å²) >= 11 is 0. The van der Waals surface area contributed by atoms with Crippen molar-refractivity contribution in [3.05, 3.63) is 53.2 Å². The van der Waals surface area contributed by atoms with Gasteiger partial charge in [0.15, 0.2) is 0 Å². The molecule has 0 aliphatic carbocycles. The molecule has 0 bridgehead atoms. The zero-order valence-corrected chi connectivity index (χ0v) is 23.1. The van der Waals surface area contributed by atoms with E-state index in [4.69, 9.17) is 4.74 Å². The van der Waals surface area contributed by atoms with Gasteiger partial charge in [-0.3, -0.25) is 19.4 Å². The van der Waals surface area contributed by atoms with E-state index in [1.165, 1.54) is 42.3 Å². The molecule has 1 saturated heterocycles. The summed E-state index contributed by atoms with van der Waals surface area (Å²) in [6.07, 6.45) is -3.19. The number of hydrogen-bond donors (Lipinski definition) is 1. The highest BCUT2D eigenvalue weighted by atomic mass is 19.4. The fourth-order valence-electron chi connectivity index (χ4n) is 5.47. The molecule has 1 atom stereocenters. The highest BCUT2D eigenvalue weighted by molar-refractivity contribution is 6.06. The van der Waals surface area contributed by atoms with E-state index in [0.717, 1.165) is 6.08 Å². The molecule has 1 aromatic heterocycles. The highest BCUT2D eigenvalue weighted by Crippen LogP contribution is 2.46. The van der Waals surface area contributed by atoms with Crippen molar-refractivity contribution in [2.24, 2.45) is 0 Å². The summed E-state index contributed by atoms with van der Waals surface area (Å²) in [5.41, 5.74) is -1.01. The van der Waals surface area contributed by atoms with E-state index in [1.807, 2.05) is 6.92 Å². The molecule has 0 radical (unpaired) electrons. The molecule has 0 saturated carbocycles. The quantitative estimate of drug-likeness (QED) is 0.271. The SMILES string of the molecule is C/C=C(\c1cc(OCCN2CCC3(CC2)C(=O)Nc2ccc(C(F)F)cc23)cnc1N(C=O)C(C)CC)C(F)(F)F. The van der Waals surface area contributed by atoms with Crippen LogP contribution in [-0.2, 0) is 15.0 Å². The number of aromatic nitrogens is 1. The minimum Gasteiger partial charge on any atom is -0.491 e. The molecule has 1 N–H and O–H groups in total. The molecule has 1 aromatic carbocycles. The van der Waals surface area contributed by atoms with Crippen LogP contribution < -0.4 is 15.0 Å². The lowest BCUT2D eigenvalue weighted by Gasteiger charge is -2.38. The standard InChI is InChI=1S/C29H33F5N4O3/c1-4-18(3)38(17-39)26-21(22(5-2)29(32,33)34)15-20(16-35-26)41-13-12-37-10-8-28(9-11-37)23-14-19(25(30)31)6-7-24(23)36-27(28)40/h5-7,14-18,25H,4,8-13H2,1-3H3,(H,36,40)/b22-5+. The molecule has 1 spiro atoms. The van der Waals surface area contributed by atoms with E-state index in [0.29, 0.717) is 56.6 Å². The van der Waals surface area contributed by atoms with E-state index in [-0.39, 0.29) is 41.3 Å². The third-order valence-corrected chi connectivity index (χ3v) is 8.03. The number of amides is 2. The fraction of sp³-hybridized carbons (Fsp3) is 0.483. The van der Waals surface area contributed by atoms with Gasteiger partial charge in [0, 0.05) is 29.4 Å². The van der Waals surface area contributed by atoms with Gasteiger partial charge in [-0.05, 0) is 70.0 Å². The number of piperidine rings is 1. The van der Waals surface area contributed by atoms with Crippen molar-refractivity contribution in [1.82, 2.24) is 9.88 Å². The number of rotatable bonds is 10. The van der Waals surface area contributed by atoms with E-state index in [9.17, 15) is 31.5 Å². The van der Waals surface area contributed by atoms with Gasteiger partial charge >= 0.3 is 6.18 Å². The summed E-state index contributed by atoms with van der Waals surface area (Å²) in [6.45, 7) is 6.42. The number of benzene rings is 1. The van der Waals surface area contributed by atoms with Crippen LogP contribution in [0.4, 0.5) is 33.5 Å². The predicted molar refractivity (Wildman–Crippen MR) is 145 cm³/mol. The smallest absolute Gasteiger partial charge is 0.416 e. The van der Waals surface area contributed by atoms with E-state index in [2.05, 4.69) is 15.2 Å². The van der Waals surface area contributed by atoms with Gasteiger partial charge in [-0.25, -0.2) is 13.8 Å². The Balaban J connectivity index is 1.45. The number of fused-ring (bicyclic) bond motifs is 2. The third kappa shape index (κ3) is 6.07. The average molecular weight is 581 g/mol. The lowest BCUT2D eigenvalue weighted by Crippen LogP contribution is -2.47. The molecule has 1 fully saturated rings. The number of nitrogens with zero attached hydrogens (tertiary/aromatic N) is 3. The topological polar surface area (TPSA) is 74.8 Å². The number of hydrogen-bond acceptors (Lipinski definition) is 5. The Bertz CT molecular complexity index is 1310. The van der Waals surface area contributed by atoms with Crippen LogP contribution in [0.3, 0.4) is 0 Å². The van der Waals surface area contributed by atoms with Crippen molar-refractivity contribution in [2.75, 3.05) is 36.5 Å². The van der Waals surface area contributed by atoms with Crippen LogP contribution in [0.25, 0.3) is 5.57 Å². The summed E-state index contributed by atoms with van der Waals surface area (Å²) in [6, 6.07) is 5.13. The lowest BCUT2D eigenvalue weighted by atomic mass is 9.73. The Labute approximate surface area is 235 Å². The zero-order chi connectivity index (χ0) is 29.9. The predicted octanol–water partition coefficient (Wildman–Crippen LogP) is 6.11.